The average molecular weight is 250 g/mol. The van der Waals surface area contributed by atoms with Crippen LogP contribution < -0.4 is 10.2 Å². The Morgan fingerprint density at radius 2 is 2.24 bits per heavy atom. The van der Waals surface area contributed by atoms with Crippen LogP contribution in [0, 0.1) is 6.92 Å². The maximum Gasteiger partial charge on any atom is 0.149 e. The van der Waals surface area contributed by atoms with Gasteiger partial charge in [-0.05, 0) is 24.4 Å². The second-order valence-electron chi connectivity index (χ2n) is 4.07. The van der Waals surface area contributed by atoms with Crippen LogP contribution in [-0.4, -0.2) is 36.6 Å². The molecule has 0 fully saturated rings. The Kier molecular flexibility index (Phi) is 3.91. The van der Waals surface area contributed by atoms with E-state index in [1.54, 1.807) is 17.7 Å². The first-order valence-corrected chi connectivity index (χ1v) is 6.72. The number of nitrogens with one attached hydrogen (secondary N) is 1. The Morgan fingerprint density at radius 1 is 1.41 bits per heavy atom. The summed E-state index contributed by atoms with van der Waals surface area (Å²) in [6.45, 7) is 7.14. The summed E-state index contributed by atoms with van der Waals surface area (Å²) in [4.78, 5) is 10.9. The van der Waals surface area contributed by atoms with E-state index in [0.29, 0.717) is 0 Å². The summed E-state index contributed by atoms with van der Waals surface area (Å²) in [7, 11) is 2.08. The van der Waals surface area contributed by atoms with Crippen molar-refractivity contribution < 1.29 is 0 Å². The van der Waals surface area contributed by atoms with Gasteiger partial charge in [-0.2, -0.15) is 0 Å². The van der Waals surface area contributed by atoms with Crippen LogP contribution in [0.5, 0.6) is 0 Å². The average Bonchev–Trinajstić information content (AvgIpc) is 2.71. The van der Waals surface area contributed by atoms with Crippen LogP contribution in [0.3, 0.4) is 0 Å². The number of hydrogen-bond donors (Lipinski definition) is 1. The highest BCUT2D eigenvalue weighted by molar-refractivity contribution is 7.18. The molecule has 0 aliphatic heterocycles. The van der Waals surface area contributed by atoms with Crippen molar-refractivity contribution in [3.05, 3.63) is 17.3 Å². The summed E-state index contributed by atoms with van der Waals surface area (Å²) in [5, 5.41) is 5.46. The number of fused-ring (bicyclic) bond motifs is 1. The van der Waals surface area contributed by atoms with Crippen LogP contribution in [0.25, 0.3) is 10.2 Å². The summed E-state index contributed by atoms with van der Waals surface area (Å²) in [6.07, 6.45) is 1.65. The maximum absolute atomic E-state index is 4.40. The lowest BCUT2D eigenvalue weighted by molar-refractivity contribution is 0.703. The minimum Gasteiger partial charge on any atom is -0.357 e. The molecule has 0 aromatic carbocycles. The van der Waals surface area contributed by atoms with Gasteiger partial charge in [-0.1, -0.05) is 6.92 Å². The molecule has 0 saturated carbocycles. The number of aryl methyl sites for hydroxylation is 1. The Morgan fingerprint density at radius 3 is 3.00 bits per heavy atom. The Bertz CT molecular complexity index is 494. The molecule has 17 heavy (non-hydrogen) atoms. The van der Waals surface area contributed by atoms with Gasteiger partial charge in [0.1, 0.15) is 12.1 Å². The van der Waals surface area contributed by atoms with Crippen molar-refractivity contribution in [2.45, 2.75) is 13.8 Å². The predicted molar refractivity (Wildman–Crippen MR) is 74.0 cm³/mol. The van der Waals surface area contributed by atoms with Crippen LogP contribution in [0.15, 0.2) is 11.7 Å². The van der Waals surface area contributed by atoms with Gasteiger partial charge in [-0.15, -0.1) is 11.3 Å². The maximum atomic E-state index is 4.40. The zero-order chi connectivity index (χ0) is 12.3. The Labute approximate surface area is 106 Å². The Balaban J connectivity index is 2.22. The number of thiophene rings is 1. The molecule has 0 saturated heterocycles. The first-order chi connectivity index (χ1) is 8.24. The fourth-order valence-electron chi connectivity index (χ4n) is 1.76. The van der Waals surface area contributed by atoms with Gasteiger partial charge in [-0.25, -0.2) is 9.97 Å². The van der Waals surface area contributed by atoms with Crippen molar-refractivity contribution >= 4 is 27.4 Å². The fraction of sp³-hybridized carbons (Fsp3) is 0.500. The van der Waals surface area contributed by atoms with E-state index in [-0.39, 0.29) is 0 Å². The second-order valence-corrected chi connectivity index (χ2v) is 4.95. The van der Waals surface area contributed by atoms with Crippen molar-refractivity contribution in [2.24, 2.45) is 0 Å². The molecular formula is C12H18N4S. The van der Waals surface area contributed by atoms with Gasteiger partial charge < -0.3 is 10.2 Å². The molecule has 0 aliphatic carbocycles. The van der Waals surface area contributed by atoms with Crippen LogP contribution in [-0.2, 0) is 0 Å². The molecule has 92 valence electrons. The third-order valence-corrected chi connectivity index (χ3v) is 3.83. The normalized spacial score (nSPS) is 11.0. The van der Waals surface area contributed by atoms with E-state index < -0.39 is 0 Å². The molecule has 0 amide bonds. The lowest BCUT2D eigenvalue weighted by Gasteiger charge is -2.18. The lowest BCUT2D eigenvalue weighted by Crippen LogP contribution is -2.29. The zero-order valence-electron chi connectivity index (χ0n) is 10.5. The predicted octanol–water partition coefficient (Wildman–Crippen LogP) is 2.05. The molecule has 1 N–H and O–H groups in total. The van der Waals surface area contributed by atoms with Crippen molar-refractivity contribution in [2.75, 3.05) is 31.6 Å². The smallest absolute Gasteiger partial charge is 0.149 e. The topological polar surface area (TPSA) is 41.0 Å². The van der Waals surface area contributed by atoms with E-state index in [4.69, 9.17) is 0 Å². The van der Waals surface area contributed by atoms with Gasteiger partial charge >= 0.3 is 0 Å². The quantitative estimate of drug-likeness (QED) is 0.825. The summed E-state index contributed by atoms with van der Waals surface area (Å²) in [5.41, 5.74) is 2.31. The van der Waals surface area contributed by atoms with Crippen molar-refractivity contribution in [1.29, 1.82) is 0 Å². The largest absolute Gasteiger partial charge is 0.357 e. The zero-order valence-corrected chi connectivity index (χ0v) is 11.3. The van der Waals surface area contributed by atoms with Crippen molar-refractivity contribution in [3.8, 4) is 0 Å². The van der Waals surface area contributed by atoms with Crippen LogP contribution in [0.4, 0.5) is 5.82 Å². The molecule has 5 heteroatoms. The first kappa shape index (κ1) is 12.3. The molecule has 0 bridgehead atoms. The number of likely N-dealkylation sites (N-methyl/N-ethyl adjacent to an activating group) is 2. The van der Waals surface area contributed by atoms with Crippen LogP contribution in [0.2, 0.25) is 0 Å². The third kappa shape index (κ3) is 2.56. The SMILES string of the molecule is CCNCCN(C)c1ncnc2c(C)csc12. The van der Waals surface area contributed by atoms with Crippen LogP contribution >= 0.6 is 11.3 Å². The minimum atomic E-state index is 0.955. The van der Waals surface area contributed by atoms with Gasteiger partial charge in [0.15, 0.2) is 0 Å². The van der Waals surface area contributed by atoms with E-state index in [1.807, 2.05) is 0 Å². The molecule has 0 atom stereocenters. The van der Waals surface area contributed by atoms with Gasteiger partial charge in [0.2, 0.25) is 0 Å². The van der Waals surface area contributed by atoms with E-state index in [2.05, 4.69) is 46.5 Å². The summed E-state index contributed by atoms with van der Waals surface area (Å²) in [6, 6.07) is 0. The summed E-state index contributed by atoms with van der Waals surface area (Å²) >= 11 is 1.72. The highest BCUT2D eigenvalue weighted by atomic mass is 32.1. The lowest BCUT2D eigenvalue weighted by atomic mass is 10.3. The van der Waals surface area contributed by atoms with E-state index in [0.717, 1.165) is 31.0 Å². The fourth-order valence-corrected chi connectivity index (χ4v) is 2.80. The number of hydrogen-bond acceptors (Lipinski definition) is 5. The molecule has 0 unspecified atom stereocenters. The summed E-state index contributed by atoms with van der Waals surface area (Å²) < 4.78 is 1.18. The molecule has 2 aromatic rings. The molecule has 2 aromatic heterocycles. The van der Waals surface area contributed by atoms with E-state index in [1.165, 1.54) is 10.3 Å². The highest BCUT2D eigenvalue weighted by Gasteiger charge is 2.11. The van der Waals surface area contributed by atoms with Gasteiger partial charge in [0.05, 0.1) is 10.2 Å². The number of aromatic nitrogens is 2. The van der Waals surface area contributed by atoms with Gasteiger partial charge in [-0.3, -0.25) is 0 Å². The van der Waals surface area contributed by atoms with Crippen molar-refractivity contribution in [3.63, 3.8) is 0 Å². The van der Waals surface area contributed by atoms with E-state index >= 15 is 0 Å². The summed E-state index contributed by atoms with van der Waals surface area (Å²) in [5.74, 6) is 1.03. The number of anilines is 1. The molecule has 4 nitrogen and oxygen atoms in total. The molecule has 0 aliphatic rings. The molecule has 2 rings (SSSR count). The molecule has 0 spiro atoms. The number of nitrogens with zero attached hydrogens (tertiary/aromatic N) is 3. The monoisotopic (exact) mass is 250 g/mol. The van der Waals surface area contributed by atoms with E-state index in [9.17, 15) is 0 Å². The molecule has 2 heterocycles. The van der Waals surface area contributed by atoms with Crippen LogP contribution in [0.1, 0.15) is 12.5 Å². The van der Waals surface area contributed by atoms with Crippen molar-refractivity contribution in [1.82, 2.24) is 15.3 Å². The number of rotatable bonds is 5. The minimum absolute atomic E-state index is 0.955. The highest BCUT2D eigenvalue weighted by Crippen LogP contribution is 2.29. The molecule has 0 radical (unpaired) electrons. The Hall–Kier alpha value is -1.20. The third-order valence-electron chi connectivity index (χ3n) is 2.75. The first-order valence-electron chi connectivity index (χ1n) is 5.84. The van der Waals surface area contributed by atoms with Gasteiger partial charge in [0, 0.05) is 20.1 Å². The standard InChI is InChI=1S/C12H18N4S/c1-4-13-5-6-16(3)12-11-10(14-8-15-12)9(2)7-17-11/h7-8,13H,4-6H2,1-3H3. The molecular weight excluding hydrogens is 232 g/mol. The second kappa shape index (κ2) is 5.42. The van der Waals surface area contributed by atoms with Gasteiger partial charge in [0.25, 0.3) is 0 Å².